The van der Waals surface area contributed by atoms with Crippen LogP contribution in [0.3, 0.4) is 0 Å². The second kappa shape index (κ2) is 7.32. The van der Waals surface area contributed by atoms with Crippen LogP contribution in [0.4, 0.5) is 0 Å². The summed E-state index contributed by atoms with van der Waals surface area (Å²) in [5.74, 6) is 0.240. The standard InChI is InChI=1S/C13H17NO4/c1-14(9-3-6-13(16)17-2)12(15)8-7-11-5-4-10-18-11/h4-5,7-8,10H,3,6,9H2,1-2H3/b8-7+. The van der Waals surface area contributed by atoms with Crippen LogP contribution in [-0.4, -0.2) is 37.5 Å². The normalized spacial score (nSPS) is 10.6. The molecule has 98 valence electrons. The van der Waals surface area contributed by atoms with Crippen molar-refractivity contribution in [1.29, 1.82) is 0 Å². The maximum absolute atomic E-state index is 11.7. The fourth-order valence-electron chi connectivity index (χ4n) is 1.34. The Bertz CT molecular complexity index is 409. The van der Waals surface area contributed by atoms with Crippen LogP contribution in [0, 0.1) is 0 Å². The lowest BCUT2D eigenvalue weighted by molar-refractivity contribution is -0.141. The van der Waals surface area contributed by atoms with Crippen molar-refractivity contribution in [2.75, 3.05) is 20.7 Å². The fourth-order valence-corrected chi connectivity index (χ4v) is 1.34. The van der Waals surface area contributed by atoms with E-state index in [9.17, 15) is 9.59 Å². The highest BCUT2D eigenvalue weighted by Gasteiger charge is 2.06. The van der Waals surface area contributed by atoms with Gasteiger partial charge in [0.05, 0.1) is 13.4 Å². The van der Waals surface area contributed by atoms with Crippen molar-refractivity contribution in [3.05, 3.63) is 30.2 Å². The van der Waals surface area contributed by atoms with Gasteiger partial charge < -0.3 is 14.1 Å². The van der Waals surface area contributed by atoms with Crippen LogP contribution in [0.5, 0.6) is 0 Å². The molecule has 0 aliphatic carbocycles. The van der Waals surface area contributed by atoms with Crippen molar-refractivity contribution in [3.8, 4) is 0 Å². The van der Waals surface area contributed by atoms with Gasteiger partial charge in [0.15, 0.2) is 0 Å². The summed E-state index contributed by atoms with van der Waals surface area (Å²) in [6.07, 6.45) is 5.50. The molecule has 5 nitrogen and oxygen atoms in total. The Morgan fingerprint density at radius 3 is 2.89 bits per heavy atom. The molecular weight excluding hydrogens is 234 g/mol. The van der Waals surface area contributed by atoms with Gasteiger partial charge >= 0.3 is 5.97 Å². The predicted octanol–water partition coefficient (Wildman–Crippen LogP) is 1.70. The van der Waals surface area contributed by atoms with Crippen molar-refractivity contribution in [1.82, 2.24) is 4.90 Å². The molecular formula is C13H17NO4. The average molecular weight is 251 g/mol. The number of rotatable bonds is 6. The number of hydrogen-bond acceptors (Lipinski definition) is 4. The molecule has 5 heteroatoms. The third-order valence-electron chi connectivity index (χ3n) is 2.41. The lowest BCUT2D eigenvalue weighted by Gasteiger charge is -2.14. The van der Waals surface area contributed by atoms with E-state index in [1.54, 1.807) is 36.4 Å². The van der Waals surface area contributed by atoms with Crippen LogP contribution in [0.15, 0.2) is 28.9 Å². The number of nitrogens with zero attached hydrogens (tertiary/aromatic N) is 1. The van der Waals surface area contributed by atoms with Gasteiger partial charge in [-0.15, -0.1) is 0 Å². The van der Waals surface area contributed by atoms with Gasteiger partial charge in [-0.25, -0.2) is 0 Å². The predicted molar refractivity (Wildman–Crippen MR) is 66.6 cm³/mol. The number of methoxy groups -OCH3 is 1. The number of esters is 1. The Labute approximate surface area is 106 Å². The van der Waals surface area contributed by atoms with Gasteiger partial charge in [0.1, 0.15) is 5.76 Å². The summed E-state index contributed by atoms with van der Waals surface area (Å²) in [4.78, 5) is 24.1. The first-order valence-electron chi connectivity index (χ1n) is 5.67. The molecule has 1 rings (SSSR count). The van der Waals surface area contributed by atoms with Crippen LogP contribution in [-0.2, 0) is 14.3 Å². The first kappa shape index (κ1) is 14.0. The van der Waals surface area contributed by atoms with Crippen LogP contribution in [0.25, 0.3) is 6.08 Å². The topological polar surface area (TPSA) is 59.8 Å². The highest BCUT2D eigenvalue weighted by atomic mass is 16.5. The highest BCUT2D eigenvalue weighted by molar-refractivity contribution is 5.91. The van der Waals surface area contributed by atoms with Gasteiger partial charge in [0.2, 0.25) is 5.91 Å². The van der Waals surface area contributed by atoms with E-state index in [2.05, 4.69) is 4.74 Å². The minimum Gasteiger partial charge on any atom is -0.469 e. The first-order valence-corrected chi connectivity index (χ1v) is 5.67. The molecule has 0 aliphatic rings. The lowest BCUT2D eigenvalue weighted by atomic mass is 10.3. The van der Waals surface area contributed by atoms with Crippen molar-refractivity contribution >= 4 is 18.0 Å². The molecule has 1 heterocycles. The molecule has 0 fully saturated rings. The highest BCUT2D eigenvalue weighted by Crippen LogP contribution is 2.03. The van der Waals surface area contributed by atoms with E-state index in [-0.39, 0.29) is 11.9 Å². The largest absolute Gasteiger partial charge is 0.469 e. The van der Waals surface area contributed by atoms with E-state index >= 15 is 0 Å². The number of carbonyl (C=O) groups excluding carboxylic acids is 2. The Hall–Kier alpha value is -2.04. The van der Waals surface area contributed by atoms with Gasteiger partial charge in [0.25, 0.3) is 0 Å². The number of hydrogen-bond donors (Lipinski definition) is 0. The van der Waals surface area contributed by atoms with Gasteiger partial charge in [-0.1, -0.05) is 0 Å². The molecule has 0 spiro atoms. The van der Waals surface area contributed by atoms with Crippen molar-refractivity contribution in [3.63, 3.8) is 0 Å². The number of amides is 1. The van der Waals surface area contributed by atoms with Crippen molar-refractivity contribution < 1.29 is 18.7 Å². The van der Waals surface area contributed by atoms with Gasteiger partial charge in [-0.05, 0) is 24.6 Å². The molecule has 0 radical (unpaired) electrons. The minimum atomic E-state index is -0.262. The Morgan fingerprint density at radius 1 is 1.50 bits per heavy atom. The van der Waals surface area contributed by atoms with E-state index in [0.717, 1.165) is 0 Å². The zero-order valence-electron chi connectivity index (χ0n) is 10.6. The van der Waals surface area contributed by atoms with Crippen molar-refractivity contribution in [2.45, 2.75) is 12.8 Å². The van der Waals surface area contributed by atoms with Crippen molar-refractivity contribution in [2.24, 2.45) is 0 Å². The number of ether oxygens (including phenoxy) is 1. The maximum Gasteiger partial charge on any atom is 0.305 e. The SMILES string of the molecule is COC(=O)CCCN(C)C(=O)/C=C/c1ccco1. The molecule has 0 saturated heterocycles. The molecule has 0 unspecified atom stereocenters. The molecule has 1 amide bonds. The molecule has 0 N–H and O–H groups in total. The zero-order chi connectivity index (χ0) is 13.4. The molecule has 0 aromatic carbocycles. The summed E-state index contributed by atoms with van der Waals surface area (Å²) < 4.78 is 9.59. The summed E-state index contributed by atoms with van der Waals surface area (Å²) in [7, 11) is 3.04. The molecule has 0 saturated carbocycles. The molecule has 1 aromatic rings. The third kappa shape index (κ3) is 4.86. The molecule has 0 aliphatic heterocycles. The van der Waals surface area contributed by atoms with Gasteiger partial charge in [-0.3, -0.25) is 9.59 Å². The number of likely N-dealkylation sites (N-methyl/N-ethyl adjacent to an activating group) is 1. The van der Waals surface area contributed by atoms with E-state index < -0.39 is 0 Å². The maximum atomic E-state index is 11.7. The zero-order valence-corrected chi connectivity index (χ0v) is 10.6. The van der Waals surface area contributed by atoms with Crippen LogP contribution in [0.2, 0.25) is 0 Å². The third-order valence-corrected chi connectivity index (χ3v) is 2.41. The second-order valence-electron chi connectivity index (χ2n) is 3.79. The van der Waals surface area contributed by atoms with Gasteiger partial charge in [0, 0.05) is 26.1 Å². The average Bonchev–Trinajstić information content (AvgIpc) is 2.88. The Morgan fingerprint density at radius 2 is 2.28 bits per heavy atom. The first-order chi connectivity index (χ1) is 8.63. The van der Waals surface area contributed by atoms with E-state index in [4.69, 9.17) is 4.42 Å². The smallest absolute Gasteiger partial charge is 0.305 e. The molecule has 0 atom stereocenters. The monoisotopic (exact) mass is 251 g/mol. The molecule has 18 heavy (non-hydrogen) atoms. The second-order valence-corrected chi connectivity index (χ2v) is 3.79. The van der Waals surface area contributed by atoms with Crippen LogP contribution >= 0.6 is 0 Å². The Balaban J connectivity index is 2.31. The summed E-state index contributed by atoms with van der Waals surface area (Å²) in [6.45, 7) is 0.510. The summed E-state index contributed by atoms with van der Waals surface area (Å²) in [5, 5.41) is 0. The minimum absolute atomic E-state index is 0.128. The van der Waals surface area contributed by atoms with E-state index in [0.29, 0.717) is 25.1 Å². The lowest BCUT2D eigenvalue weighted by Crippen LogP contribution is -2.26. The van der Waals surface area contributed by atoms with Crippen LogP contribution < -0.4 is 0 Å². The van der Waals surface area contributed by atoms with Gasteiger partial charge in [-0.2, -0.15) is 0 Å². The fraction of sp³-hybridized carbons (Fsp3) is 0.385. The summed E-state index contributed by atoms with van der Waals surface area (Å²) in [6, 6.07) is 3.52. The molecule has 0 bridgehead atoms. The number of furan rings is 1. The Kier molecular flexibility index (Phi) is 5.70. The summed E-state index contributed by atoms with van der Waals surface area (Å²) >= 11 is 0. The number of carbonyl (C=O) groups is 2. The summed E-state index contributed by atoms with van der Waals surface area (Å²) in [5.41, 5.74) is 0. The molecule has 1 aromatic heterocycles. The van der Waals surface area contributed by atoms with Crippen LogP contribution in [0.1, 0.15) is 18.6 Å². The van der Waals surface area contributed by atoms with E-state index in [1.807, 2.05) is 0 Å². The quantitative estimate of drug-likeness (QED) is 0.570. The van der Waals surface area contributed by atoms with E-state index in [1.165, 1.54) is 13.2 Å².